The topological polar surface area (TPSA) is 95.5 Å². The number of benzene rings is 2. The Balaban J connectivity index is 2.04. The molecule has 0 heterocycles. The van der Waals surface area contributed by atoms with Gasteiger partial charge in [0.1, 0.15) is 5.75 Å². The second-order valence-corrected chi connectivity index (χ2v) is 6.46. The number of ether oxygens (including phenoxy) is 4. The maximum Gasteiger partial charge on any atom is 0.344 e. The summed E-state index contributed by atoms with van der Waals surface area (Å²) < 4.78 is 21.4. The van der Waals surface area contributed by atoms with Crippen molar-refractivity contribution in [3.8, 4) is 17.2 Å². The fourth-order valence-corrected chi connectivity index (χ4v) is 2.67. The van der Waals surface area contributed by atoms with Gasteiger partial charge in [-0.3, -0.25) is 4.79 Å². The standard InChI is InChI=1S/C20H21BrN2O6/c1-4-28-19(24)12-29-17-7-5-13(9-18(17)27-3)11-22-23-20(25)15-10-14(21)6-8-16(15)26-2/h5-11H,4,12H2,1-3H3,(H,23,25)/b22-11-. The minimum Gasteiger partial charge on any atom is -0.496 e. The molecule has 2 rings (SSSR count). The number of hydrazone groups is 1. The van der Waals surface area contributed by atoms with E-state index in [4.69, 9.17) is 18.9 Å². The van der Waals surface area contributed by atoms with Crippen molar-refractivity contribution in [2.24, 2.45) is 5.10 Å². The molecule has 0 radical (unpaired) electrons. The summed E-state index contributed by atoms with van der Waals surface area (Å²) in [7, 11) is 2.97. The van der Waals surface area contributed by atoms with E-state index in [1.165, 1.54) is 20.4 Å². The lowest BCUT2D eigenvalue weighted by Crippen LogP contribution is -2.18. The van der Waals surface area contributed by atoms with Crippen LogP contribution in [0, 0.1) is 0 Å². The van der Waals surface area contributed by atoms with Crippen molar-refractivity contribution < 1.29 is 28.5 Å². The van der Waals surface area contributed by atoms with Crippen LogP contribution in [0.2, 0.25) is 0 Å². The lowest BCUT2D eigenvalue weighted by atomic mass is 10.2. The molecule has 0 aliphatic rings. The monoisotopic (exact) mass is 464 g/mol. The number of carbonyl (C=O) groups excluding carboxylic acids is 2. The number of rotatable bonds is 9. The number of hydrogen-bond acceptors (Lipinski definition) is 7. The molecule has 0 aromatic heterocycles. The molecule has 0 fully saturated rings. The van der Waals surface area contributed by atoms with E-state index in [1.807, 2.05) is 0 Å². The van der Waals surface area contributed by atoms with Crippen LogP contribution in [0.4, 0.5) is 0 Å². The van der Waals surface area contributed by atoms with Gasteiger partial charge in [-0.25, -0.2) is 10.2 Å². The molecule has 2 aromatic rings. The summed E-state index contributed by atoms with van der Waals surface area (Å²) in [5.41, 5.74) is 3.46. The molecule has 0 aliphatic heterocycles. The zero-order valence-corrected chi connectivity index (χ0v) is 17.8. The van der Waals surface area contributed by atoms with Gasteiger partial charge in [0.25, 0.3) is 5.91 Å². The van der Waals surface area contributed by atoms with Crippen LogP contribution in [0.15, 0.2) is 46.0 Å². The summed E-state index contributed by atoms with van der Waals surface area (Å²) in [5, 5.41) is 3.96. The third kappa shape index (κ3) is 6.49. The van der Waals surface area contributed by atoms with E-state index in [0.29, 0.717) is 28.4 Å². The second kappa shape index (κ2) is 11.1. The number of nitrogens with one attached hydrogen (secondary N) is 1. The van der Waals surface area contributed by atoms with E-state index in [9.17, 15) is 9.59 Å². The molecule has 0 saturated carbocycles. The lowest BCUT2D eigenvalue weighted by Gasteiger charge is -2.10. The number of esters is 1. The molecule has 0 saturated heterocycles. The highest BCUT2D eigenvalue weighted by atomic mass is 79.9. The predicted molar refractivity (Wildman–Crippen MR) is 111 cm³/mol. The molecule has 1 N–H and O–H groups in total. The number of amides is 1. The van der Waals surface area contributed by atoms with Crippen LogP contribution in [0.5, 0.6) is 17.2 Å². The molecule has 0 unspecified atom stereocenters. The van der Waals surface area contributed by atoms with Gasteiger partial charge in [-0.15, -0.1) is 0 Å². The molecule has 154 valence electrons. The van der Waals surface area contributed by atoms with Crippen LogP contribution in [0.25, 0.3) is 0 Å². The summed E-state index contributed by atoms with van der Waals surface area (Å²) in [4.78, 5) is 23.7. The Morgan fingerprint density at radius 2 is 1.79 bits per heavy atom. The van der Waals surface area contributed by atoms with Crippen LogP contribution in [-0.2, 0) is 9.53 Å². The van der Waals surface area contributed by atoms with Crippen LogP contribution >= 0.6 is 15.9 Å². The predicted octanol–water partition coefficient (Wildman–Crippen LogP) is 3.17. The van der Waals surface area contributed by atoms with Crippen LogP contribution in [0.3, 0.4) is 0 Å². The highest BCUT2D eigenvalue weighted by Gasteiger charge is 2.12. The third-order valence-corrected chi connectivity index (χ3v) is 4.12. The molecule has 29 heavy (non-hydrogen) atoms. The molecule has 1 amide bonds. The van der Waals surface area contributed by atoms with Crippen molar-refractivity contribution in [3.05, 3.63) is 52.0 Å². The maximum atomic E-state index is 12.3. The fourth-order valence-electron chi connectivity index (χ4n) is 2.31. The third-order valence-electron chi connectivity index (χ3n) is 3.62. The number of halogens is 1. The first kappa shape index (κ1) is 22.2. The zero-order chi connectivity index (χ0) is 21.2. The van der Waals surface area contributed by atoms with E-state index in [-0.39, 0.29) is 13.2 Å². The molecule has 8 nitrogen and oxygen atoms in total. The van der Waals surface area contributed by atoms with E-state index >= 15 is 0 Å². The summed E-state index contributed by atoms with van der Waals surface area (Å²) >= 11 is 3.32. The Kier molecular flexibility index (Phi) is 8.47. The Morgan fingerprint density at radius 3 is 2.48 bits per heavy atom. The van der Waals surface area contributed by atoms with E-state index in [2.05, 4.69) is 26.5 Å². The van der Waals surface area contributed by atoms with Crippen molar-refractivity contribution in [2.45, 2.75) is 6.92 Å². The molecule has 0 spiro atoms. The molecule has 0 bridgehead atoms. The van der Waals surface area contributed by atoms with Gasteiger partial charge < -0.3 is 18.9 Å². The van der Waals surface area contributed by atoms with Gasteiger partial charge >= 0.3 is 5.97 Å². The van der Waals surface area contributed by atoms with Gasteiger partial charge in [0, 0.05) is 4.47 Å². The molecule has 0 aliphatic carbocycles. The Morgan fingerprint density at radius 1 is 1.07 bits per heavy atom. The number of hydrogen-bond donors (Lipinski definition) is 1. The molecule has 0 atom stereocenters. The highest BCUT2D eigenvalue weighted by molar-refractivity contribution is 9.10. The summed E-state index contributed by atoms with van der Waals surface area (Å²) in [6, 6.07) is 10.1. The Labute approximate surface area is 176 Å². The van der Waals surface area contributed by atoms with Crippen molar-refractivity contribution >= 4 is 34.0 Å². The fraction of sp³-hybridized carbons (Fsp3) is 0.250. The smallest absolute Gasteiger partial charge is 0.344 e. The van der Waals surface area contributed by atoms with Crippen LogP contribution in [0.1, 0.15) is 22.8 Å². The Hall–Kier alpha value is -3.07. The zero-order valence-electron chi connectivity index (χ0n) is 16.2. The van der Waals surface area contributed by atoms with Gasteiger partial charge in [0.05, 0.1) is 32.6 Å². The van der Waals surface area contributed by atoms with Gasteiger partial charge in [0.15, 0.2) is 18.1 Å². The van der Waals surface area contributed by atoms with E-state index in [1.54, 1.807) is 43.3 Å². The van der Waals surface area contributed by atoms with Crippen molar-refractivity contribution in [1.29, 1.82) is 0 Å². The molecule has 9 heteroatoms. The van der Waals surface area contributed by atoms with Gasteiger partial charge in [-0.1, -0.05) is 15.9 Å². The van der Waals surface area contributed by atoms with Crippen LogP contribution < -0.4 is 19.6 Å². The summed E-state index contributed by atoms with van der Waals surface area (Å²) in [6.07, 6.45) is 1.46. The molecular weight excluding hydrogens is 444 g/mol. The first-order valence-corrected chi connectivity index (χ1v) is 9.41. The minimum absolute atomic E-state index is 0.220. The molecule has 2 aromatic carbocycles. The number of nitrogens with zero attached hydrogens (tertiary/aromatic N) is 1. The second-order valence-electron chi connectivity index (χ2n) is 5.55. The number of carbonyl (C=O) groups is 2. The van der Waals surface area contributed by atoms with Crippen molar-refractivity contribution in [2.75, 3.05) is 27.4 Å². The van der Waals surface area contributed by atoms with Gasteiger partial charge in [-0.2, -0.15) is 5.10 Å². The Bertz CT molecular complexity index is 901. The van der Waals surface area contributed by atoms with Crippen molar-refractivity contribution in [1.82, 2.24) is 5.43 Å². The minimum atomic E-state index is -0.467. The summed E-state index contributed by atoms with van der Waals surface area (Å²) in [5.74, 6) is 0.358. The van der Waals surface area contributed by atoms with E-state index < -0.39 is 11.9 Å². The lowest BCUT2D eigenvalue weighted by molar-refractivity contribution is -0.145. The molecular formula is C20H21BrN2O6. The normalized spacial score (nSPS) is 10.5. The first-order chi connectivity index (χ1) is 14.0. The average molecular weight is 465 g/mol. The van der Waals surface area contributed by atoms with Crippen molar-refractivity contribution in [3.63, 3.8) is 0 Å². The quantitative estimate of drug-likeness (QED) is 0.347. The average Bonchev–Trinajstić information content (AvgIpc) is 2.72. The van der Waals surface area contributed by atoms with E-state index in [0.717, 1.165) is 4.47 Å². The summed E-state index contributed by atoms with van der Waals surface area (Å²) in [6.45, 7) is 1.78. The van der Waals surface area contributed by atoms with Crippen LogP contribution in [-0.4, -0.2) is 45.5 Å². The highest BCUT2D eigenvalue weighted by Crippen LogP contribution is 2.27. The van der Waals surface area contributed by atoms with Gasteiger partial charge in [0.2, 0.25) is 0 Å². The largest absolute Gasteiger partial charge is 0.496 e. The maximum absolute atomic E-state index is 12.3. The van der Waals surface area contributed by atoms with Gasteiger partial charge in [-0.05, 0) is 48.9 Å². The SMILES string of the molecule is CCOC(=O)COc1ccc(/C=N\NC(=O)c2cc(Br)ccc2OC)cc1OC. The number of methoxy groups -OCH3 is 2. The first-order valence-electron chi connectivity index (χ1n) is 8.61.